The van der Waals surface area contributed by atoms with Crippen LogP contribution in [0.4, 0.5) is 0 Å². The zero-order valence-electron chi connectivity index (χ0n) is 14.3. The van der Waals surface area contributed by atoms with Gasteiger partial charge in [0.05, 0.1) is 11.8 Å². The van der Waals surface area contributed by atoms with Crippen LogP contribution in [0, 0.1) is 6.92 Å². The molecule has 0 saturated carbocycles. The quantitative estimate of drug-likeness (QED) is 0.605. The van der Waals surface area contributed by atoms with Gasteiger partial charge in [-0.2, -0.15) is 0 Å². The summed E-state index contributed by atoms with van der Waals surface area (Å²) in [5.41, 5.74) is 4.22. The van der Waals surface area contributed by atoms with E-state index >= 15 is 0 Å². The van der Waals surface area contributed by atoms with E-state index in [1.807, 2.05) is 49.4 Å². The first-order valence-electron chi connectivity index (χ1n) is 8.34. The highest BCUT2D eigenvalue weighted by Gasteiger charge is 2.12. The van der Waals surface area contributed by atoms with Gasteiger partial charge >= 0.3 is 0 Å². The Morgan fingerprint density at radius 1 is 1.08 bits per heavy atom. The number of carbonyl (C=O) groups is 1. The van der Waals surface area contributed by atoms with E-state index in [-0.39, 0.29) is 5.91 Å². The zero-order chi connectivity index (χ0) is 17.9. The van der Waals surface area contributed by atoms with E-state index < -0.39 is 0 Å². The molecule has 0 radical (unpaired) electrons. The van der Waals surface area contributed by atoms with Crippen molar-refractivity contribution < 1.29 is 9.21 Å². The fourth-order valence-corrected chi connectivity index (χ4v) is 2.92. The maximum Gasteiger partial charge on any atom is 0.251 e. The number of aryl methyl sites for hydroxylation is 1. The summed E-state index contributed by atoms with van der Waals surface area (Å²) in [7, 11) is 0. The first-order valence-corrected chi connectivity index (χ1v) is 8.34. The summed E-state index contributed by atoms with van der Waals surface area (Å²) in [5.74, 6) is 0.548. The van der Waals surface area contributed by atoms with Gasteiger partial charge in [-0.3, -0.25) is 14.8 Å². The molecule has 0 aliphatic rings. The third-order valence-electron chi connectivity index (χ3n) is 4.31. The smallest absolute Gasteiger partial charge is 0.251 e. The molecule has 4 rings (SSSR count). The van der Waals surface area contributed by atoms with Gasteiger partial charge in [-0.05, 0) is 55.0 Å². The maximum absolute atomic E-state index is 12.6. The molecule has 4 aromatic rings. The predicted molar refractivity (Wildman–Crippen MR) is 99.6 cm³/mol. The van der Waals surface area contributed by atoms with Gasteiger partial charge in [0.2, 0.25) is 0 Å². The van der Waals surface area contributed by atoms with Crippen molar-refractivity contribution in [2.24, 2.45) is 0 Å². The Morgan fingerprint density at radius 2 is 2.00 bits per heavy atom. The van der Waals surface area contributed by atoms with E-state index in [4.69, 9.17) is 4.42 Å². The topological polar surface area (TPSA) is 68.0 Å². The Hall–Kier alpha value is -3.47. The number of benzene rings is 1. The number of nitrogens with one attached hydrogen (secondary N) is 1. The van der Waals surface area contributed by atoms with Crippen LogP contribution in [0.3, 0.4) is 0 Å². The van der Waals surface area contributed by atoms with Crippen LogP contribution >= 0.6 is 0 Å². The van der Waals surface area contributed by atoms with Gasteiger partial charge in [-0.1, -0.05) is 6.07 Å². The normalized spacial score (nSPS) is 10.8. The highest BCUT2D eigenvalue weighted by molar-refractivity contribution is 5.98. The van der Waals surface area contributed by atoms with Crippen LogP contribution in [-0.2, 0) is 6.54 Å². The van der Waals surface area contributed by atoms with Gasteiger partial charge in [0.1, 0.15) is 5.69 Å². The number of carbonyl (C=O) groups excluding carboxylic acids is 1. The minimum Gasteiger partial charge on any atom is -0.463 e. The lowest BCUT2D eigenvalue weighted by atomic mass is 10.1. The van der Waals surface area contributed by atoms with Crippen molar-refractivity contribution in [3.05, 3.63) is 83.9 Å². The van der Waals surface area contributed by atoms with Crippen molar-refractivity contribution in [2.75, 3.05) is 0 Å². The molecule has 0 unspecified atom stereocenters. The number of nitrogens with zero attached hydrogens (tertiary/aromatic N) is 2. The van der Waals surface area contributed by atoms with Gasteiger partial charge in [0.15, 0.2) is 5.76 Å². The molecule has 0 bridgehead atoms. The van der Waals surface area contributed by atoms with Crippen molar-refractivity contribution in [1.82, 2.24) is 15.3 Å². The molecule has 0 aliphatic carbocycles. The van der Waals surface area contributed by atoms with Gasteiger partial charge in [-0.25, -0.2) is 0 Å². The van der Waals surface area contributed by atoms with Crippen molar-refractivity contribution >= 4 is 16.8 Å². The van der Waals surface area contributed by atoms with Crippen LogP contribution in [-0.4, -0.2) is 15.9 Å². The number of fused-ring (bicyclic) bond motifs is 1. The molecule has 0 spiro atoms. The Labute approximate surface area is 150 Å². The molecule has 1 N–H and O–H groups in total. The molecule has 26 heavy (non-hydrogen) atoms. The van der Waals surface area contributed by atoms with E-state index in [9.17, 15) is 4.79 Å². The molecule has 5 nitrogen and oxygen atoms in total. The Balaban J connectivity index is 1.56. The summed E-state index contributed by atoms with van der Waals surface area (Å²) in [6, 6.07) is 14.9. The lowest BCUT2D eigenvalue weighted by Crippen LogP contribution is -2.23. The second kappa shape index (κ2) is 6.80. The standard InChI is InChI=1S/C21H17N3O2/c1-14-8-10-22-18-7-6-15(12-17(14)18)21(25)24-13-16-4-2-9-23-20(16)19-5-3-11-26-19/h2-12H,13H2,1H3,(H,24,25). The fraction of sp³-hybridized carbons (Fsp3) is 0.0952. The van der Waals surface area contributed by atoms with Crippen LogP contribution in [0.5, 0.6) is 0 Å². The molecule has 0 atom stereocenters. The Kier molecular flexibility index (Phi) is 4.19. The molecule has 3 aromatic heterocycles. The van der Waals surface area contributed by atoms with Crippen LogP contribution < -0.4 is 5.32 Å². The average molecular weight is 343 g/mol. The number of pyridine rings is 2. The van der Waals surface area contributed by atoms with Crippen molar-refractivity contribution in [2.45, 2.75) is 13.5 Å². The summed E-state index contributed by atoms with van der Waals surface area (Å²) < 4.78 is 5.43. The van der Waals surface area contributed by atoms with Crippen molar-refractivity contribution in [3.63, 3.8) is 0 Å². The largest absolute Gasteiger partial charge is 0.463 e. The minimum absolute atomic E-state index is 0.135. The van der Waals surface area contributed by atoms with E-state index in [1.165, 1.54) is 0 Å². The van der Waals surface area contributed by atoms with E-state index in [2.05, 4.69) is 15.3 Å². The first-order chi connectivity index (χ1) is 12.7. The molecule has 0 saturated heterocycles. The molecule has 1 aromatic carbocycles. The van der Waals surface area contributed by atoms with Gasteiger partial charge in [0, 0.05) is 35.5 Å². The second-order valence-corrected chi connectivity index (χ2v) is 6.03. The van der Waals surface area contributed by atoms with Crippen LogP contribution in [0.25, 0.3) is 22.4 Å². The third-order valence-corrected chi connectivity index (χ3v) is 4.31. The number of rotatable bonds is 4. The van der Waals surface area contributed by atoms with Crippen LogP contribution in [0.15, 0.2) is 71.6 Å². The maximum atomic E-state index is 12.6. The van der Waals surface area contributed by atoms with Gasteiger partial charge < -0.3 is 9.73 Å². The third kappa shape index (κ3) is 3.07. The number of furan rings is 1. The SMILES string of the molecule is Cc1ccnc2ccc(C(=O)NCc3cccnc3-c3ccco3)cc12. The molecule has 1 amide bonds. The highest BCUT2D eigenvalue weighted by atomic mass is 16.3. The molecular weight excluding hydrogens is 326 g/mol. The average Bonchev–Trinajstić information content (AvgIpc) is 3.21. The minimum atomic E-state index is -0.135. The number of hydrogen-bond donors (Lipinski definition) is 1. The first kappa shape index (κ1) is 16.0. The molecule has 128 valence electrons. The van der Waals surface area contributed by atoms with Crippen LogP contribution in [0.2, 0.25) is 0 Å². The van der Waals surface area contributed by atoms with Gasteiger partial charge in [-0.15, -0.1) is 0 Å². The summed E-state index contributed by atoms with van der Waals surface area (Å²) in [6.07, 6.45) is 5.09. The highest BCUT2D eigenvalue weighted by Crippen LogP contribution is 2.22. The summed E-state index contributed by atoms with van der Waals surface area (Å²) in [5, 5.41) is 3.94. The molecule has 0 aliphatic heterocycles. The zero-order valence-corrected chi connectivity index (χ0v) is 14.3. The molecule has 3 heterocycles. The summed E-state index contributed by atoms with van der Waals surface area (Å²) in [4.78, 5) is 21.3. The van der Waals surface area contributed by atoms with E-state index in [0.717, 1.165) is 27.7 Å². The Bertz CT molecular complexity index is 1070. The van der Waals surface area contributed by atoms with E-state index in [0.29, 0.717) is 17.9 Å². The lowest BCUT2D eigenvalue weighted by molar-refractivity contribution is 0.0951. The number of hydrogen-bond acceptors (Lipinski definition) is 4. The van der Waals surface area contributed by atoms with Crippen molar-refractivity contribution in [1.29, 1.82) is 0 Å². The second-order valence-electron chi connectivity index (χ2n) is 6.03. The number of amides is 1. The van der Waals surface area contributed by atoms with E-state index in [1.54, 1.807) is 24.7 Å². The molecule has 5 heteroatoms. The summed E-state index contributed by atoms with van der Waals surface area (Å²) >= 11 is 0. The molecule has 0 fully saturated rings. The summed E-state index contributed by atoms with van der Waals surface area (Å²) in [6.45, 7) is 2.38. The monoisotopic (exact) mass is 343 g/mol. The molecular formula is C21H17N3O2. The van der Waals surface area contributed by atoms with Crippen molar-refractivity contribution in [3.8, 4) is 11.5 Å². The van der Waals surface area contributed by atoms with Crippen LogP contribution in [0.1, 0.15) is 21.5 Å². The number of aromatic nitrogens is 2. The van der Waals surface area contributed by atoms with Gasteiger partial charge in [0.25, 0.3) is 5.91 Å². The Morgan fingerprint density at radius 3 is 2.85 bits per heavy atom. The predicted octanol–water partition coefficient (Wildman–Crippen LogP) is 4.13. The fourth-order valence-electron chi connectivity index (χ4n) is 2.92. The lowest BCUT2D eigenvalue weighted by Gasteiger charge is -2.09.